The minimum Gasteiger partial charge on any atom is -0.478 e. The molecule has 0 aliphatic rings. The molecule has 0 atom stereocenters. The first kappa shape index (κ1) is 20.1. The Hall–Kier alpha value is -3.22. The molecule has 3 aromatic carbocycles. The van der Waals surface area contributed by atoms with Crippen molar-refractivity contribution in [3.05, 3.63) is 99.2 Å². The topological polar surface area (TPSA) is 59.3 Å². The Balaban J connectivity index is 1.97. The molecule has 1 heterocycles. The number of carbonyl (C=O) groups is 2. The molecule has 0 bridgehead atoms. The van der Waals surface area contributed by atoms with Crippen LogP contribution >= 0.6 is 23.2 Å². The fourth-order valence-electron chi connectivity index (χ4n) is 3.30. The summed E-state index contributed by atoms with van der Waals surface area (Å²) in [5, 5.41) is 9.79. The predicted octanol–water partition coefficient (Wildman–Crippen LogP) is 6.14. The van der Waals surface area contributed by atoms with Crippen molar-refractivity contribution in [2.45, 2.75) is 0 Å². The van der Waals surface area contributed by atoms with Gasteiger partial charge >= 0.3 is 5.97 Å². The van der Waals surface area contributed by atoms with Crippen molar-refractivity contribution >= 4 is 45.9 Å². The lowest BCUT2D eigenvalue weighted by molar-refractivity contribution is 0.0690. The van der Waals surface area contributed by atoms with Crippen molar-refractivity contribution in [3.63, 3.8) is 0 Å². The number of para-hydroxylation sites is 1. The number of hydrogen-bond donors (Lipinski definition) is 1. The number of carboxylic acids is 1. The van der Waals surface area contributed by atoms with Gasteiger partial charge in [0.15, 0.2) is 17.4 Å². The standard InChI is InChI=1S/C22H11Cl2F2NO3/c23-14-5-3-6-15(24)18(14)21(28)13-10-27(16-7-2-1-4-11(13)16)17-9-8-12(22(29)30)19(25)20(17)26/h1-10H,(H,29,30). The fraction of sp³-hybridized carbons (Fsp3) is 0. The Bertz CT molecular complexity index is 1330. The number of nitrogens with zero attached hydrogens (tertiary/aromatic N) is 1. The van der Waals surface area contributed by atoms with E-state index >= 15 is 0 Å². The number of aromatic nitrogens is 1. The van der Waals surface area contributed by atoms with Gasteiger partial charge in [0.2, 0.25) is 0 Å². The van der Waals surface area contributed by atoms with E-state index < -0.39 is 29.0 Å². The van der Waals surface area contributed by atoms with E-state index in [1.54, 1.807) is 30.3 Å². The highest BCUT2D eigenvalue weighted by atomic mass is 35.5. The quantitative estimate of drug-likeness (QED) is 0.383. The maximum atomic E-state index is 14.7. The SMILES string of the molecule is O=C(O)c1ccc(-n2cc(C(=O)c3c(Cl)cccc3Cl)c3ccccc32)c(F)c1F. The minimum atomic E-state index is -1.58. The Morgan fingerprint density at radius 3 is 2.17 bits per heavy atom. The molecule has 0 aliphatic heterocycles. The number of ketones is 1. The summed E-state index contributed by atoms with van der Waals surface area (Å²) in [6.45, 7) is 0. The van der Waals surface area contributed by atoms with E-state index in [0.29, 0.717) is 10.9 Å². The first-order valence-electron chi connectivity index (χ1n) is 8.61. The molecule has 0 aliphatic carbocycles. The van der Waals surface area contributed by atoms with Gasteiger partial charge in [-0.2, -0.15) is 0 Å². The number of aromatic carboxylic acids is 1. The van der Waals surface area contributed by atoms with Crippen LogP contribution < -0.4 is 0 Å². The zero-order valence-electron chi connectivity index (χ0n) is 15.0. The first-order valence-corrected chi connectivity index (χ1v) is 9.37. The van der Waals surface area contributed by atoms with Gasteiger partial charge in [-0.15, -0.1) is 0 Å². The molecule has 4 aromatic rings. The summed E-state index contributed by atoms with van der Waals surface area (Å²) in [4.78, 5) is 24.3. The van der Waals surface area contributed by atoms with Crippen LogP contribution in [0.4, 0.5) is 8.78 Å². The van der Waals surface area contributed by atoms with Gasteiger partial charge in [0, 0.05) is 17.1 Å². The van der Waals surface area contributed by atoms with Gasteiger partial charge in [-0.3, -0.25) is 4.79 Å². The van der Waals surface area contributed by atoms with Crippen molar-refractivity contribution in [2.75, 3.05) is 0 Å². The summed E-state index contributed by atoms with van der Waals surface area (Å²) in [5.41, 5.74) is -0.324. The van der Waals surface area contributed by atoms with E-state index in [0.717, 1.165) is 12.1 Å². The van der Waals surface area contributed by atoms with E-state index in [1.807, 2.05) is 0 Å². The summed E-state index contributed by atoms with van der Waals surface area (Å²) in [6, 6.07) is 13.4. The van der Waals surface area contributed by atoms with E-state index in [1.165, 1.54) is 22.9 Å². The van der Waals surface area contributed by atoms with Gasteiger partial charge in [0.1, 0.15) is 0 Å². The molecule has 30 heavy (non-hydrogen) atoms. The highest BCUT2D eigenvalue weighted by Gasteiger charge is 2.24. The number of carbonyl (C=O) groups excluding carboxylic acids is 1. The van der Waals surface area contributed by atoms with Crippen LogP contribution in [0.5, 0.6) is 0 Å². The van der Waals surface area contributed by atoms with E-state index in [4.69, 9.17) is 28.3 Å². The lowest BCUT2D eigenvalue weighted by Crippen LogP contribution is -2.07. The summed E-state index contributed by atoms with van der Waals surface area (Å²) >= 11 is 12.3. The second-order valence-electron chi connectivity index (χ2n) is 6.42. The first-order chi connectivity index (χ1) is 14.3. The van der Waals surface area contributed by atoms with Crippen LogP contribution in [-0.2, 0) is 0 Å². The maximum Gasteiger partial charge on any atom is 0.338 e. The second kappa shape index (κ2) is 7.55. The van der Waals surface area contributed by atoms with Crippen molar-refractivity contribution in [2.24, 2.45) is 0 Å². The van der Waals surface area contributed by atoms with Crippen molar-refractivity contribution in [1.29, 1.82) is 0 Å². The molecule has 1 aromatic heterocycles. The zero-order chi connectivity index (χ0) is 21.6. The van der Waals surface area contributed by atoms with Crippen LogP contribution in [0.1, 0.15) is 26.3 Å². The number of benzene rings is 3. The normalized spacial score (nSPS) is 11.1. The average Bonchev–Trinajstić information content (AvgIpc) is 3.09. The van der Waals surface area contributed by atoms with E-state index in [-0.39, 0.29) is 26.9 Å². The Morgan fingerprint density at radius 2 is 1.50 bits per heavy atom. The number of rotatable bonds is 4. The summed E-state index contributed by atoms with van der Waals surface area (Å²) in [7, 11) is 0. The van der Waals surface area contributed by atoms with Crippen LogP contribution in [0.15, 0.2) is 60.8 Å². The summed E-state index contributed by atoms with van der Waals surface area (Å²) in [6.07, 6.45) is 1.35. The van der Waals surface area contributed by atoms with Crippen LogP contribution in [0.25, 0.3) is 16.6 Å². The van der Waals surface area contributed by atoms with Crippen molar-refractivity contribution in [1.82, 2.24) is 4.57 Å². The predicted molar refractivity (Wildman–Crippen MR) is 110 cm³/mol. The zero-order valence-corrected chi connectivity index (χ0v) is 16.5. The van der Waals surface area contributed by atoms with Crippen LogP contribution in [-0.4, -0.2) is 21.4 Å². The molecule has 8 heteroatoms. The molecule has 4 nitrogen and oxygen atoms in total. The lowest BCUT2D eigenvalue weighted by atomic mass is 10.0. The minimum absolute atomic E-state index is 0.0941. The highest BCUT2D eigenvalue weighted by Crippen LogP contribution is 2.33. The second-order valence-corrected chi connectivity index (χ2v) is 7.24. The third-order valence-electron chi connectivity index (χ3n) is 4.70. The Morgan fingerprint density at radius 1 is 0.833 bits per heavy atom. The van der Waals surface area contributed by atoms with Crippen LogP contribution in [0, 0.1) is 11.6 Å². The number of fused-ring (bicyclic) bond motifs is 1. The molecule has 4 rings (SSSR count). The molecule has 1 N–H and O–H groups in total. The van der Waals surface area contributed by atoms with Gasteiger partial charge in [-0.05, 0) is 30.3 Å². The Kier molecular flexibility index (Phi) is 5.05. The lowest BCUT2D eigenvalue weighted by Gasteiger charge is -2.09. The fourth-order valence-corrected chi connectivity index (χ4v) is 3.87. The molecule has 150 valence electrons. The molecule has 0 radical (unpaired) electrons. The summed E-state index contributed by atoms with van der Waals surface area (Å²) in [5.74, 6) is -4.90. The number of halogens is 4. The molecule has 0 fully saturated rings. The third kappa shape index (κ3) is 3.14. The Labute approximate surface area is 178 Å². The van der Waals surface area contributed by atoms with Gasteiger partial charge in [-0.25, -0.2) is 13.6 Å². The maximum absolute atomic E-state index is 14.7. The number of carboxylic acid groups (broad SMARTS) is 1. The smallest absolute Gasteiger partial charge is 0.338 e. The van der Waals surface area contributed by atoms with Crippen molar-refractivity contribution in [3.8, 4) is 5.69 Å². The molecule has 0 amide bonds. The molecule has 0 saturated carbocycles. The molecular formula is C22H11Cl2F2NO3. The van der Waals surface area contributed by atoms with Gasteiger partial charge in [0.25, 0.3) is 0 Å². The third-order valence-corrected chi connectivity index (χ3v) is 5.33. The largest absolute Gasteiger partial charge is 0.478 e. The van der Waals surface area contributed by atoms with E-state index in [9.17, 15) is 18.4 Å². The molecular weight excluding hydrogens is 435 g/mol. The molecule has 0 unspecified atom stereocenters. The van der Waals surface area contributed by atoms with E-state index in [2.05, 4.69) is 0 Å². The van der Waals surface area contributed by atoms with Crippen LogP contribution in [0.2, 0.25) is 10.0 Å². The van der Waals surface area contributed by atoms with Gasteiger partial charge < -0.3 is 9.67 Å². The highest BCUT2D eigenvalue weighted by molar-refractivity contribution is 6.41. The summed E-state index contributed by atoms with van der Waals surface area (Å²) < 4.78 is 30.3. The number of hydrogen-bond acceptors (Lipinski definition) is 2. The van der Waals surface area contributed by atoms with Crippen LogP contribution in [0.3, 0.4) is 0 Å². The van der Waals surface area contributed by atoms with Gasteiger partial charge in [0.05, 0.1) is 32.4 Å². The van der Waals surface area contributed by atoms with Gasteiger partial charge in [-0.1, -0.05) is 47.5 Å². The van der Waals surface area contributed by atoms with Crippen molar-refractivity contribution < 1.29 is 23.5 Å². The average molecular weight is 446 g/mol. The molecule has 0 spiro atoms. The molecule has 0 saturated heterocycles. The monoisotopic (exact) mass is 445 g/mol.